The Morgan fingerprint density at radius 3 is 2.36 bits per heavy atom. The molecule has 1 heterocycles. The molecule has 1 amide bonds. The Bertz CT molecular complexity index is 752. The molecule has 1 atom stereocenters. The van der Waals surface area contributed by atoms with Gasteiger partial charge in [0, 0.05) is 12.1 Å². The topological polar surface area (TPSA) is 101 Å². The van der Waals surface area contributed by atoms with Crippen LogP contribution >= 0.6 is 0 Å². The normalized spacial score (nSPS) is 22.1. The van der Waals surface area contributed by atoms with Crippen molar-refractivity contribution >= 4 is 21.7 Å². The van der Waals surface area contributed by atoms with E-state index in [4.69, 9.17) is 9.84 Å². The summed E-state index contributed by atoms with van der Waals surface area (Å²) in [5, 5.41) is 8.68. The van der Waals surface area contributed by atoms with Crippen molar-refractivity contribution in [1.82, 2.24) is 4.90 Å². The Morgan fingerprint density at radius 1 is 1.12 bits per heavy atom. The highest BCUT2D eigenvalue weighted by Crippen LogP contribution is 2.29. The first kappa shape index (κ1) is 17.9. The van der Waals surface area contributed by atoms with Crippen molar-refractivity contribution in [3.05, 3.63) is 29.8 Å². The van der Waals surface area contributed by atoms with Crippen LogP contribution in [0, 0.1) is 0 Å². The first-order valence-electron chi connectivity index (χ1n) is 8.37. The predicted octanol–water partition coefficient (Wildman–Crippen LogP) is 1.33. The monoisotopic (exact) mass is 367 g/mol. The summed E-state index contributed by atoms with van der Waals surface area (Å²) < 4.78 is 30.2. The quantitative estimate of drug-likeness (QED) is 0.861. The Hall–Kier alpha value is -1.93. The lowest BCUT2D eigenvalue weighted by Crippen LogP contribution is -2.48. The maximum atomic E-state index is 12.6. The molecule has 1 saturated heterocycles. The fourth-order valence-corrected chi connectivity index (χ4v) is 5.20. The molecule has 2 aliphatic rings. The van der Waals surface area contributed by atoms with Crippen LogP contribution in [-0.4, -0.2) is 61.4 Å². The number of sulfone groups is 1. The Balaban J connectivity index is 1.73. The van der Waals surface area contributed by atoms with Crippen LogP contribution in [0.3, 0.4) is 0 Å². The van der Waals surface area contributed by atoms with Crippen LogP contribution in [0.2, 0.25) is 0 Å². The largest absolute Gasteiger partial charge is 0.479 e. The minimum absolute atomic E-state index is 0.0176. The zero-order chi connectivity index (χ0) is 18.0. The van der Waals surface area contributed by atoms with E-state index in [9.17, 15) is 18.0 Å². The third kappa shape index (κ3) is 3.69. The Labute approximate surface area is 146 Å². The maximum absolute atomic E-state index is 12.6. The van der Waals surface area contributed by atoms with Crippen LogP contribution in [0.4, 0.5) is 0 Å². The van der Waals surface area contributed by atoms with Gasteiger partial charge < -0.3 is 14.7 Å². The van der Waals surface area contributed by atoms with Gasteiger partial charge in [-0.1, -0.05) is 12.8 Å². The fourth-order valence-electron chi connectivity index (χ4n) is 3.34. The molecule has 25 heavy (non-hydrogen) atoms. The van der Waals surface area contributed by atoms with Gasteiger partial charge in [0.2, 0.25) is 0 Å². The van der Waals surface area contributed by atoms with Gasteiger partial charge in [-0.15, -0.1) is 0 Å². The van der Waals surface area contributed by atoms with Crippen molar-refractivity contribution in [2.24, 2.45) is 0 Å². The van der Waals surface area contributed by atoms with Crippen molar-refractivity contribution in [3.8, 4) is 0 Å². The second-order valence-electron chi connectivity index (χ2n) is 6.42. The van der Waals surface area contributed by atoms with E-state index in [2.05, 4.69) is 0 Å². The number of carbonyl (C=O) groups is 2. The Kier molecular flexibility index (Phi) is 5.10. The van der Waals surface area contributed by atoms with Gasteiger partial charge in [-0.3, -0.25) is 4.79 Å². The highest BCUT2D eigenvalue weighted by atomic mass is 32.2. The van der Waals surface area contributed by atoms with Crippen LogP contribution in [0.5, 0.6) is 0 Å². The molecule has 0 aromatic heterocycles. The number of benzene rings is 1. The molecule has 1 aromatic rings. The van der Waals surface area contributed by atoms with E-state index in [1.807, 2.05) is 0 Å². The predicted molar refractivity (Wildman–Crippen MR) is 89.2 cm³/mol. The number of nitrogens with zero attached hydrogens (tertiary/aromatic N) is 1. The molecular formula is C17H21NO6S. The fraction of sp³-hybridized carbons (Fsp3) is 0.529. The van der Waals surface area contributed by atoms with Crippen LogP contribution < -0.4 is 0 Å². The van der Waals surface area contributed by atoms with Gasteiger partial charge in [-0.2, -0.15) is 0 Å². The zero-order valence-electron chi connectivity index (χ0n) is 13.8. The SMILES string of the molecule is O=C(O)C1CN(C(=O)c2ccc(S(=O)(=O)C3CCCC3)cc2)CCO1. The number of amides is 1. The van der Waals surface area contributed by atoms with E-state index >= 15 is 0 Å². The lowest BCUT2D eigenvalue weighted by atomic mass is 10.1. The van der Waals surface area contributed by atoms with Crippen LogP contribution in [0.1, 0.15) is 36.0 Å². The molecule has 136 valence electrons. The smallest absolute Gasteiger partial charge is 0.334 e. The van der Waals surface area contributed by atoms with Gasteiger partial charge in [0.15, 0.2) is 15.9 Å². The van der Waals surface area contributed by atoms with E-state index in [-0.39, 0.29) is 29.2 Å². The van der Waals surface area contributed by atoms with Crippen molar-refractivity contribution in [1.29, 1.82) is 0 Å². The van der Waals surface area contributed by atoms with Gasteiger partial charge in [0.1, 0.15) is 0 Å². The lowest BCUT2D eigenvalue weighted by molar-refractivity contribution is -0.154. The van der Waals surface area contributed by atoms with E-state index in [1.54, 1.807) is 0 Å². The molecular weight excluding hydrogens is 346 g/mol. The van der Waals surface area contributed by atoms with E-state index in [0.29, 0.717) is 24.9 Å². The molecule has 0 spiro atoms. The molecule has 2 fully saturated rings. The average Bonchev–Trinajstić information content (AvgIpc) is 3.17. The molecule has 1 aromatic carbocycles. The maximum Gasteiger partial charge on any atom is 0.334 e. The summed E-state index contributed by atoms with van der Waals surface area (Å²) in [7, 11) is -3.35. The third-order valence-corrected chi connectivity index (χ3v) is 7.08. The minimum Gasteiger partial charge on any atom is -0.479 e. The van der Waals surface area contributed by atoms with E-state index in [1.165, 1.54) is 29.2 Å². The highest BCUT2D eigenvalue weighted by molar-refractivity contribution is 7.92. The standard InChI is InChI=1S/C17H21NO6S/c19-16(18-9-10-24-15(11-18)17(20)21)12-5-7-14(8-6-12)25(22,23)13-3-1-2-4-13/h5-8,13,15H,1-4,9-11H2,(H,20,21). The zero-order valence-corrected chi connectivity index (χ0v) is 14.6. The molecule has 8 heteroatoms. The highest BCUT2D eigenvalue weighted by Gasteiger charge is 2.31. The third-order valence-electron chi connectivity index (χ3n) is 4.80. The van der Waals surface area contributed by atoms with Crippen molar-refractivity contribution in [3.63, 3.8) is 0 Å². The van der Waals surface area contributed by atoms with Crippen LogP contribution in [0.25, 0.3) is 0 Å². The van der Waals surface area contributed by atoms with E-state index in [0.717, 1.165) is 12.8 Å². The summed E-state index contributed by atoms with van der Waals surface area (Å²) in [6, 6.07) is 5.93. The van der Waals surface area contributed by atoms with Crippen molar-refractivity contribution < 1.29 is 27.9 Å². The molecule has 1 unspecified atom stereocenters. The van der Waals surface area contributed by atoms with Gasteiger partial charge in [-0.05, 0) is 37.1 Å². The van der Waals surface area contributed by atoms with Crippen LogP contribution in [-0.2, 0) is 19.4 Å². The molecule has 3 rings (SSSR count). The summed E-state index contributed by atoms with van der Waals surface area (Å²) >= 11 is 0. The number of morpholine rings is 1. The second-order valence-corrected chi connectivity index (χ2v) is 8.65. The number of carboxylic acids is 1. The molecule has 1 aliphatic heterocycles. The number of carboxylic acid groups (broad SMARTS) is 1. The molecule has 1 aliphatic carbocycles. The number of rotatable bonds is 4. The number of carbonyl (C=O) groups excluding carboxylic acids is 1. The average molecular weight is 367 g/mol. The molecule has 0 radical (unpaired) electrons. The first-order valence-corrected chi connectivity index (χ1v) is 9.92. The minimum atomic E-state index is -3.35. The summed E-state index contributed by atoms with van der Waals surface area (Å²) in [4.78, 5) is 25.2. The molecule has 0 bridgehead atoms. The Morgan fingerprint density at radius 2 is 1.76 bits per heavy atom. The molecule has 7 nitrogen and oxygen atoms in total. The van der Waals surface area contributed by atoms with Gasteiger partial charge >= 0.3 is 5.97 Å². The number of hydrogen-bond donors (Lipinski definition) is 1. The summed E-state index contributed by atoms with van der Waals surface area (Å²) in [5.41, 5.74) is 0.344. The first-order chi connectivity index (χ1) is 11.9. The molecule has 1 N–H and O–H groups in total. The lowest BCUT2D eigenvalue weighted by Gasteiger charge is -2.31. The van der Waals surface area contributed by atoms with Crippen LogP contribution in [0.15, 0.2) is 29.2 Å². The molecule has 1 saturated carbocycles. The summed E-state index contributed by atoms with van der Waals surface area (Å²) in [6.07, 6.45) is 2.21. The number of hydrogen-bond acceptors (Lipinski definition) is 5. The summed E-state index contributed by atoms with van der Waals surface area (Å²) in [6.45, 7) is 0.456. The number of aliphatic carboxylic acids is 1. The number of ether oxygens (including phenoxy) is 1. The second kappa shape index (κ2) is 7.13. The van der Waals surface area contributed by atoms with Gasteiger partial charge in [-0.25, -0.2) is 13.2 Å². The van der Waals surface area contributed by atoms with Gasteiger partial charge in [0.05, 0.1) is 23.3 Å². The van der Waals surface area contributed by atoms with Gasteiger partial charge in [0.25, 0.3) is 5.91 Å². The van der Waals surface area contributed by atoms with Crippen molar-refractivity contribution in [2.45, 2.75) is 41.9 Å². The summed E-state index contributed by atoms with van der Waals surface area (Å²) in [5.74, 6) is -1.42. The van der Waals surface area contributed by atoms with Crippen molar-refractivity contribution in [2.75, 3.05) is 19.7 Å². The van der Waals surface area contributed by atoms with E-state index < -0.39 is 21.9 Å².